The summed E-state index contributed by atoms with van der Waals surface area (Å²) in [5.41, 5.74) is -0.816. The first-order valence-electron chi connectivity index (χ1n) is 15.0. The summed E-state index contributed by atoms with van der Waals surface area (Å²) in [4.78, 5) is 55.1. The predicted octanol–water partition coefficient (Wildman–Crippen LogP) is 4.33. The van der Waals surface area contributed by atoms with E-state index in [1.807, 2.05) is 0 Å². The van der Waals surface area contributed by atoms with Crippen LogP contribution < -0.4 is 10.9 Å². The topological polar surface area (TPSA) is 157 Å². The molecule has 0 saturated carbocycles. The second-order valence-electron chi connectivity index (χ2n) is 11.7. The fourth-order valence-corrected chi connectivity index (χ4v) is 6.49. The smallest absolute Gasteiger partial charge is 0.416 e. The maximum Gasteiger partial charge on any atom is 0.416 e. The highest BCUT2D eigenvalue weighted by atomic mass is 35.5. The second kappa shape index (κ2) is 12.0. The number of carbonyl (C=O) groups excluding carboxylic acids is 2. The van der Waals surface area contributed by atoms with Crippen LogP contribution >= 0.6 is 11.6 Å². The Labute approximate surface area is 280 Å². The van der Waals surface area contributed by atoms with Crippen molar-refractivity contribution in [2.45, 2.75) is 44.7 Å². The number of anilines is 1. The van der Waals surface area contributed by atoms with E-state index in [1.54, 1.807) is 25.3 Å². The molecule has 0 unspecified atom stereocenters. The number of alkyl halides is 3. The molecule has 1 fully saturated rings. The first kappa shape index (κ1) is 32.2. The fraction of sp³-hybridized carbons (Fsp3) is 0.281. The SMILES string of the molecule is Cc1cc(-c2nc3n(CC(=O)Nc4ccc(C(F)(F)F)cc4Cl)c4c(c(=O)n3n2)C2(CCN(C(=O)c3ncccc3O)CC2)OC4)ccn1. The summed E-state index contributed by atoms with van der Waals surface area (Å²) in [6, 6.07) is 8.90. The summed E-state index contributed by atoms with van der Waals surface area (Å²) >= 11 is 6.10. The lowest BCUT2D eigenvalue weighted by atomic mass is 9.85. The van der Waals surface area contributed by atoms with Gasteiger partial charge in [0.25, 0.3) is 11.5 Å². The molecule has 5 aromatic rings. The maximum absolute atomic E-state index is 14.2. The molecule has 0 radical (unpaired) electrons. The third kappa shape index (κ3) is 5.76. The molecule has 7 rings (SSSR count). The number of aryl methyl sites for hydroxylation is 1. The minimum atomic E-state index is -4.62. The summed E-state index contributed by atoms with van der Waals surface area (Å²) < 4.78 is 48.4. The Balaban J connectivity index is 1.26. The number of nitrogens with one attached hydrogen (secondary N) is 1. The van der Waals surface area contributed by atoms with Gasteiger partial charge in [-0.3, -0.25) is 19.4 Å². The number of aromatic nitrogens is 6. The summed E-state index contributed by atoms with van der Waals surface area (Å²) in [5, 5.41) is 16.9. The summed E-state index contributed by atoms with van der Waals surface area (Å²) in [7, 11) is 0. The molecular weight excluding hydrogens is 669 g/mol. The van der Waals surface area contributed by atoms with Crippen LogP contribution in [0.2, 0.25) is 5.02 Å². The number of fused-ring (bicyclic) bond motifs is 3. The van der Waals surface area contributed by atoms with Gasteiger partial charge >= 0.3 is 6.18 Å². The molecule has 0 bridgehead atoms. The number of pyridine rings is 2. The zero-order valence-corrected chi connectivity index (χ0v) is 26.4. The highest BCUT2D eigenvalue weighted by Crippen LogP contribution is 2.43. The summed E-state index contributed by atoms with van der Waals surface area (Å²) in [6.45, 7) is 1.66. The number of halogens is 4. The largest absolute Gasteiger partial charge is 0.505 e. The molecule has 49 heavy (non-hydrogen) atoms. The molecule has 1 aromatic carbocycles. The molecule has 6 heterocycles. The van der Waals surface area contributed by atoms with Crippen molar-refractivity contribution in [3.8, 4) is 17.1 Å². The van der Waals surface area contributed by atoms with Crippen LogP contribution in [-0.2, 0) is 34.5 Å². The van der Waals surface area contributed by atoms with Crippen molar-refractivity contribution in [3.63, 3.8) is 0 Å². The minimum Gasteiger partial charge on any atom is -0.505 e. The van der Waals surface area contributed by atoms with Crippen molar-refractivity contribution in [2.75, 3.05) is 18.4 Å². The van der Waals surface area contributed by atoms with Gasteiger partial charge in [-0.1, -0.05) is 11.6 Å². The number of nitrogens with zero attached hydrogens (tertiary/aromatic N) is 7. The first-order valence-corrected chi connectivity index (χ1v) is 15.4. The summed E-state index contributed by atoms with van der Waals surface area (Å²) in [5.74, 6) is -1.12. The number of benzene rings is 1. The van der Waals surface area contributed by atoms with Gasteiger partial charge in [0.2, 0.25) is 11.7 Å². The monoisotopic (exact) mass is 694 g/mol. The molecule has 0 atom stereocenters. The number of carbonyl (C=O) groups is 2. The molecule has 17 heteroatoms. The number of likely N-dealkylation sites (tertiary alicyclic amines) is 1. The van der Waals surface area contributed by atoms with Crippen LogP contribution in [0, 0.1) is 6.92 Å². The number of amides is 2. The predicted molar refractivity (Wildman–Crippen MR) is 168 cm³/mol. The molecule has 2 aliphatic heterocycles. The van der Waals surface area contributed by atoms with Crippen LogP contribution in [-0.4, -0.2) is 64.0 Å². The number of piperidine rings is 1. The minimum absolute atomic E-state index is 0.0357. The average Bonchev–Trinajstić information content (AvgIpc) is 3.67. The summed E-state index contributed by atoms with van der Waals surface area (Å²) in [6.07, 6.45) is -1.19. The number of ether oxygens (including phenoxy) is 1. The third-order valence-corrected chi connectivity index (χ3v) is 8.98. The molecule has 0 aliphatic carbocycles. The van der Waals surface area contributed by atoms with E-state index in [2.05, 4.69) is 25.4 Å². The van der Waals surface area contributed by atoms with Crippen molar-refractivity contribution in [1.29, 1.82) is 0 Å². The van der Waals surface area contributed by atoms with E-state index in [9.17, 15) is 32.7 Å². The van der Waals surface area contributed by atoms with E-state index in [-0.39, 0.29) is 71.9 Å². The van der Waals surface area contributed by atoms with Gasteiger partial charge in [-0.05, 0) is 62.2 Å². The molecule has 2 aliphatic rings. The van der Waals surface area contributed by atoms with E-state index >= 15 is 0 Å². The van der Waals surface area contributed by atoms with Crippen LogP contribution in [0.3, 0.4) is 0 Å². The molecule has 1 spiro atoms. The second-order valence-corrected chi connectivity index (χ2v) is 12.1. The lowest BCUT2D eigenvalue weighted by molar-refractivity contribution is -0.137. The lowest BCUT2D eigenvalue weighted by Crippen LogP contribution is -2.47. The third-order valence-electron chi connectivity index (χ3n) is 8.67. The van der Waals surface area contributed by atoms with Gasteiger partial charge in [0.05, 0.1) is 34.1 Å². The van der Waals surface area contributed by atoms with Crippen LogP contribution in [0.15, 0.2) is 59.7 Å². The van der Waals surface area contributed by atoms with Crippen LogP contribution in [0.4, 0.5) is 18.9 Å². The maximum atomic E-state index is 14.2. The van der Waals surface area contributed by atoms with Gasteiger partial charge in [0.1, 0.15) is 17.9 Å². The lowest BCUT2D eigenvalue weighted by Gasteiger charge is -2.38. The Morgan fingerprint density at radius 2 is 1.88 bits per heavy atom. The van der Waals surface area contributed by atoms with Crippen molar-refractivity contribution >= 4 is 34.9 Å². The van der Waals surface area contributed by atoms with Gasteiger partial charge in [-0.2, -0.15) is 22.7 Å². The average molecular weight is 695 g/mol. The van der Waals surface area contributed by atoms with Gasteiger partial charge in [-0.15, -0.1) is 5.10 Å². The Hall–Kier alpha value is -5.35. The van der Waals surface area contributed by atoms with Gasteiger partial charge in [0, 0.05) is 36.7 Å². The molecule has 2 N–H and O–H groups in total. The molecule has 252 valence electrons. The highest BCUT2D eigenvalue weighted by molar-refractivity contribution is 6.33. The normalized spacial score (nSPS) is 15.5. The van der Waals surface area contributed by atoms with E-state index in [0.717, 1.165) is 22.7 Å². The van der Waals surface area contributed by atoms with Crippen molar-refractivity contribution in [2.24, 2.45) is 0 Å². The zero-order chi connectivity index (χ0) is 34.7. The zero-order valence-electron chi connectivity index (χ0n) is 25.7. The van der Waals surface area contributed by atoms with Crippen molar-refractivity contribution < 1.29 is 32.6 Å². The van der Waals surface area contributed by atoms with Crippen LogP contribution in [0.5, 0.6) is 5.75 Å². The molecule has 13 nitrogen and oxygen atoms in total. The van der Waals surface area contributed by atoms with E-state index < -0.39 is 41.3 Å². The number of aromatic hydroxyl groups is 1. The molecule has 4 aromatic heterocycles. The van der Waals surface area contributed by atoms with Gasteiger partial charge in [-0.25, -0.2) is 4.98 Å². The molecular formula is C32H26ClF3N8O5. The standard InChI is InChI=1S/C32H26ClF3N8O5/c1-17-13-18(6-10-37-17)27-40-30-43(15-24(46)39-21-5-4-19(14-20(21)33)32(34,35)36)22-16-49-31(25(22)28(47)44(30)41-27)7-11-42(12-8-31)29(48)26-23(45)3-2-9-38-26/h2-6,9-10,13-14,45H,7-8,11-12,15-16H2,1H3,(H,39,46). The Morgan fingerprint density at radius 3 is 2.57 bits per heavy atom. The highest BCUT2D eigenvalue weighted by Gasteiger charge is 2.48. The Kier molecular flexibility index (Phi) is 7.86. The number of hydrogen-bond donors (Lipinski definition) is 2. The van der Waals surface area contributed by atoms with E-state index in [4.69, 9.17) is 16.3 Å². The van der Waals surface area contributed by atoms with Gasteiger partial charge < -0.3 is 24.6 Å². The van der Waals surface area contributed by atoms with Crippen molar-refractivity contribution in [3.05, 3.63) is 98.4 Å². The molecule has 2 amide bonds. The first-order chi connectivity index (χ1) is 23.3. The van der Waals surface area contributed by atoms with E-state index in [1.165, 1.54) is 27.8 Å². The number of hydrogen-bond acceptors (Lipinski definition) is 9. The van der Waals surface area contributed by atoms with Gasteiger partial charge in [0.15, 0.2) is 11.5 Å². The van der Waals surface area contributed by atoms with Crippen LogP contribution in [0.25, 0.3) is 17.2 Å². The Bertz CT molecular complexity index is 2210. The Morgan fingerprint density at radius 1 is 1.10 bits per heavy atom. The fourth-order valence-electron chi connectivity index (χ4n) is 6.26. The number of rotatable bonds is 5. The van der Waals surface area contributed by atoms with Crippen LogP contribution in [0.1, 0.15) is 45.8 Å². The van der Waals surface area contributed by atoms with E-state index in [0.29, 0.717) is 17.0 Å². The quantitative estimate of drug-likeness (QED) is 0.273. The van der Waals surface area contributed by atoms with Crippen molar-refractivity contribution in [1.82, 2.24) is 34.0 Å². The molecule has 1 saturated heterocycles.